The van der Waals surface area contributed by atoms with Crippen LogP contribution >= 0.6 is 0 Å². The van der Waals surface area contributed by atoms with Crippen LogP contribution in [0.15, 0.2) is 60.7 Å². The number of benzene rings is 2. The van der Waals surface area contributed by atoms with Gasteiger partial charge in [0.2, 0.25) is 0 Å². The number of amides is 1. The molecular weight excluding hydrogens is 340 g/mol. The lowest BCUT2D eigenvalue weighted by atomic mass is 10.0. The fourth-order valence-electron chi connectivity index (χ4n) is 2.76. The molecule has 0 radical (unpaired) electrons. The van der Waals surface area contributed by atoms with Crippen molar-refractivity contribution in [2.45, 2.75) is 19.8 Å². The molecule has 0 unspecified atom stereocenters. The van der Waals surface area contributed by atoms with Gasteiger partial charge in [-0.25, -0.2) is 4.79 Å². The third-order valence-electron chi connectivity index (χ3n) is 4.39. The van der Waals surface area contributed by atoms with Crippen molar-refractivity contribution < 1.29 is 14.3 Å². The second kappa shape index (κ2) is 7.99. The van der Waals surface area contributed by atoms with Gasteiger partial charge in [0.25, 0.3) is 5.91 Å². The highest BCUT2D eigenvalue weighted by atomic mass is 16.5. The van der Waals surface area contributed by atoms with E-state index in [4.69, 9.17) is 4.74 Å². The zero-order valence-electron chi connectivity index (χ0n) is 15.7. The molecule has 0 aliphatic rings. The Bertz CT molecular complexity index is 968. The largest absolute Gasteiger partial charge is 0.452 e. The van der Waals surface area contributed by atoms with E-state index in [2.05, 4.69) is 4.98 Å². The van der Waals surface area contributed by atoms with Crippen LogP contribution in [-0.2, 0) is 9.53 Å². The fourth-order valence-corrected chi connectivity index (χ4v) is 2.76. The van der Waals surface area contributed by atoms with Crippen molar-refractivity contribution in [2.75, 3.05) is 18.6 Å². The Hall–Kier alpha value is -3.21. The first-order valence-electron chi connectivity index (χ1n) is 8.86. The molecule has 27 heavy (non-hydrogen) atoms. The average molecular weight is 362 g/mol. The molecule has 5 nitrogen and oxygen atoms in total. The van der Waals surface area contributed by atoms with E-state index >= 15 is 0 Å². The van der Waals surface area contributed by atoms with Crippen LogP contribution in [-0.4, -0.2) is 30.5 Å². The minimum atomic E-state index is -0.523. The third kappa shape index (κ3) is 4.14. The molecule has 0 N–H and O–H groups in total. The molecule has 5 heteroatoms. The summed E-state index contributed by atoms with van der Waals surface area (Å²) in [6, 6.07) is 18.4. The summed E-state index contributed by atoms with van der Waals surface area (Å²) < 4.78 is 5.32. The number of anilines is 1. The number of pyridine rings is 1. The van der Waals surface area contributed by atoms with Crippen molar-refractivity contribution in [3.63, 3.8) is 0 Å². The molecule has 2 aromatic carbocycles. The number of carbonyl (C=O) groups excluding carboxylic acids is 2. The Balaban J connectivity index is 1.79. The van der Waals surface area contributed by atoms with Crippen molar-refractivity contribution in [3.8, 4) is 0 Å². The summed E-state index contributed by atoms with van der Waals surface area (Å²) in [6.07, 6.45) is 0. The second-order valence-corrected chi connectivity index (χ2v) is 6.63. The van der Waals surface area contributed by atoms with Crippen molar-refractivity contribution in [2.24, 2.45) is 0 Å². The van der Waals surface area contributed by atoms with Crippen LogP contribution in [0.1, 0.15) is 35.8 Å². The molecule has 0 saturated carbocycles. The highest BCUT2D eigenvalue weighted by Crippen LogP contribution is 2.23. The van der Waals surface area contributed by atoms with E-state index in [9.17, 15) is 9.59 Å². The number of likely N-dealkylation sites (N-methyl/N-ethyl adjacent to an activating group) is 1. The first kappa shape index (κ1) is 18.6. The Labute approximate surface area is 158 Å². The van der Waals surface area contributed by atoms with Gasteiger partial charge in [-0.2, -0.15) is 0 Å². The first-order chi connectivity index (χ1) is 13.0. The van der Waals surface area contributed by atoms with Gasteiger partial charge in [0.15, 0.2) is 6.61 Å². The summed E-state index contributed by atoms with van der Waals surface area (Å²) >= 11 is 0. The summed E-state index contributed by atoms with van der Waals surface area (Å²) in [5, 5.41) is 0.718. The number of ether oxygens (including phenoxy) is 1. The predicted octanol–water partition coefficient (Wildman–Crippen LogP) is 4.18. The van der Waals surface area contributed by atoms with E-state index in [1.54, 1.807) is 13.1 Å². The molecule has 1 heterocycles. The van der Waals surface area contributed by atoms with Gasteiger partial charge in [0, 0.05) is 23.8 Å². The smallest absolute Gasteiger partial charge is 0.339 e. The molecule has 0 atom stereocenters. The lowest BCUT2D eigenvalue weighted by molar-refractivity contribution is -0.121. The van der Waals surface area contributed by atoms with Crippen molar-refractivity contribution in [1.82, 2.24) is 4.98 Å². The molecule has 3 aromatic rings. The van der Waals surface area contributed by atoms with Gasteiger partial charge in [-0.05, 0) is 30.2 Å². The Kier molecular flexibility index (Phi) is 5.50. The zero-order valence-corrected chi connectivity index (χ0v) is 15.7. The minimum absolute atomic E-state index is 0.173. The molecule has 0 aliphatic carbocycles. The summed E-state index contributed by atoms with van der Waals surface area (Å²) in [6.45, 7) is 3.72. The number of esters is 1. The molecule has 1 aromatic heterocycles. The van der Waals surface area contributed by atoms with Crippen LogP contribution in [0.5, 0.6) is 0 Å². The number of fused-ring (bicyclic) bond motifs is 1. The van der Waals surface area contributed by atoms with Gasteiger partial charge in [-0.3, -0.25) is 9.78 Å². The lowest BCUT2D eigenvalue weighted by Crippen LogP contribution is -2.31. The second-order valence-electron chi connectivity index (χ2n) is 6.63. The van der Waals surface area contributed by atoms with Gasteiger partial charge in [0.05, 0.1) is 11.1 Å². The maximum Gasteiger partial charge on any atom is 0.339 e. The minimum Gasteiger partial charge on any atom is -0.452 e. The molecule has 138 valence electrons. The molecule has 1 amide bonds. The van der Waals surface area contributed by atoms with Crippen molar-refractivity contribution in [1.29, 1.82) is 0 Å². The van der Waals surface area contributed by atoms with Gasteiger partial charge < -0.3 is 9.64 Å². The molecule has 0 bridgehead atoms. The van der Waals surface area contributed by atoms with Gasteiger partial charge >= 0.3 is 5.97 Å². The van der Waals surface area contributed by atoms with E-state index in [1.165, 1.54) is 4.90 Å². The quantitative estimate of drug-likeness (QED) is 0.639. The van der Waals surface area contributed by atoms with Crippen LogP contribution < -0.4 is 4.90 Å². The van der Waals surface area contributed by atoms with Crippen molar-refractivity contribution >= 4 is 28.5 Å². The molecule has 3 rings (SSSR count). The first-order valence-corrected chi connectivity index (χ1v) is 8.86. The summed E-state index contributed by atoms with van der Waals surface area (Å²) in [5.41, 5.74) is 2.73. The molecular formula is C22H22N2O3. The molecule has 0 spiro atoms. The maximum atomic E-state index is 12.7. The monoisotopic (exact) mass is 362 g/mol. The Morgan fingerprint density at radius 2 is 1.70 bits per heavy atom. The molecule has 0 saturated heterocycles. The normalized spacial score (nSPS) is 10.8. The van der Waals surface area contributed by atoms with Crippen LogP contribution in [0.25, 0.3) is 10.9 Å². The van der Waals surface area contributed by atoms with Gasteiger partial charge in [0.1, 0.15) is 0 Å². The van der Waals surface area contributed by atoms with Crippen LogP contribution in [0, 0.1) is 0 Å². The number of hydrogen-bond acceptors (Lipinski definition) is 4. The number of nitrogens with zero attached hydrogens (tertiary/aromatic N) is 2. The van der Waals surface area contributed by atoms with Gasteiger partial charge in [-0.15, -0.1) is 0 Å². The summed E-state index contributed by atoms with van der Waals surface area (Å²) in [7, 11) is 1.66. The van der Waals surface area contributed by atoms with E-state index in [0.29, 0.717) is 5.56 Å². The molecule has 0 aliphatic heterocycles. The number of carbonyl (C=O) groups is 2. The highest BCUT2D eigenvalue weighted by molar-refractivity contribution is 6.04. The SMILES string of the molecule is CC(C)c1cc(C(=O)OCC(=O)N(C)c2ccccc2)c2ccccc2n1. The van der Waals surface area contributed by atoms with Crippen LogP contribution in [0.2, 0.25) is 0 Å². The topological polar surface area (TPSA) is 59.5 Å². The number of rotatable bonds is 5. The lowest BCUT2D eigenvalue weighted by Gasteiger charge is -2.17. The Morgan fingerprint density at radius 1 is 1.04 bits per heavy atom. The zero-order chi connectivity index (χ0) is 19.4. The number of hydrogen-bond donors (Lipinski definition) is 0. The highest BCUT2D eigenvalue weighted by Gasteiger charge is 2.18. The van der Waals surface area contributed by atoms with Crippen LogP contribution in [0.3, 0.4) is 0 Å². The van der Waals surface area contributed by atoms with E-state index in [0.717, 1.165) is 22.3 Å². The maximum absolute atomic E-state index is 12.7. The van der Waals surface area contributed by atoms with E-state index < -0.39 is 5.97 Å². The average Bonchev–Trinajstić information content (AvgIpc) is 2.70. The number of para-hydroxylation sites is 2. The molecule has 0 fully saturated rings. The fraction of sp³-hybridized carbons (Fsp3) is 0.227. The van der Waals surface area contributed by atoms with E-state index in [1.807, 2.05) is 68.4 Å². The summed E-state index contributed by atoms with van der Waals surface area (Å²) in [5.74, 6) is -0.644. The Morgan fingerprint density at radius 3 is 2.41 bits per heavy atom. The third-order valence-corrected chi connectivity index (χ3v) is 4.39. The van der Waals surface area contributed by atoms with E-state index in [-0.39, 0.29) is 18.4 Å². The number of aromatic nitrogens is 1. The van der Waals surface area contributed by atoms with Crippen molar-refractivity contribution in [3.05, 3.63) is 71.9 Å². The van der Waals surface area contributed by atoms with Gasteiger partial charge in [-0.1, -0.05) is 50.2 Å². The standard InChI is InChI=1S/C22H22N2O3/c1-15(2)20-13-18(17-11-7-8-12-19(17)23-20)22(26)27-14-21(25)24(3)16-9-5-4-6-10-16/h4-13,15H,14H2,1-3H3. The predicted molar refractivity (Wildman–Crippen MR) is 106 cm³/mol. The van der Waals surface area contributed by atoms with Crippen LogP contribution in [0.4, 0.5) is 5.69 Å². The summed E-state index contributed by atoms with van der Waals surface area (Å²) in [4.78, 5) is 31.1.